The van der Waals surface area contributed by atoms with Gasteiger partial charge in [-0.2, -0.15) is 22.5 Å². The molecule has 0 unspecified atom stereocenters. The Morgan fingerprint density at radius 1 is 1.39 bits per heavy atom. The largest absolute Gasteiger partial charge is 0.389 e. The fraction of sp³-hybridized carbons (Fsp3) is 0.444. The van der Waals surface area contributed by atoms with Crippen molar-refractivity contribution in [3.05, 3.63) is 47.3 Å². The maximum absolute atomic E-state index is 12.9. The van der Waals surface area contributed by atoms with Crippen molar-refractivity contribution in [3.8, 4) is 0 Å². The Balaban J connectivity index is 1.85. The van der Waals surface area contributed by atoms with Crippen LogP contribution in [0.4, 0.5) is 5.69 Å². The molecular formula is C18H25N5O4S. The molecule has 0 aliphatic carbocycles. The highest BCUT2D eigenvalue weighted by Gasteiger charge is 2.41. The molecule has 152 valence electrons. The minimum Gasteiger partial charge on any atom is -0.389 e. The molecule has 2 heterocycles. The van der Waals surface area contributed by atoms with Crippen molar-refractivity contribution in [2.45, 2.75) is 38.5 Å². The summed E-state index contributed by atoms with van der Waals surface area (Å²) in [6.07, 6.45) is 1.22. The van der Waals surface area contributed by atoms with Crippen LogP contribution in [0.5, 0.6) is 0 Å². The lowest BCUT2D eigenvalue weighted by molar-refractivity contribution is -0.120. The molecule has 1 aromatic heterocycles. The van der Waals surface area contributed by atoms with Gasteiger partial charge in [0, 0.05) is 31.0 Å². The number of nitrogens with zero attached hydrogens (tertiary/aromatic N) is 3. The first-order valence-electron chi connectivity index (χ1n) is 8.93. The number of rotatable bonds is 4. The van der Waals surface area contributed by atoms with Gasteiger partial charge in [-0.1, -0.05) is 12.1 Å². The molecule has 0 spiro atoms. The molecule has 1 aliphatic rings. The van der Waals surface area contributed by atoms with Crippen LogP contribution in [0.3, 0.4) is 0 Å². The molecule has 10 heteroatoms. The fourth-order valence-electron chi connectivity index (χ4n) is 3.27. The van der Waals surface area contributed by atoms with E-state index in [1.54, 1.807) is 49.1 Å². The van der Waals surface area contributed by atoms with Crippen LogP contribution >= 0.6 is 0 Å². The van der Waals surface area contributed by atoms with E-state index >= 15 is 0 Å². The summed E-state index contributed by atoms with van der Waals surface area (Å²) < 4.78 is 30.5. The van der Waals surface area contributed by atoms with E-state index in [4.69, 9.17) is 0 Å². The van der Waals surface area contributed by atoms with E-state index in [1.807, 2.05) is 6.92 Å². The molecule has 1 amide bonds. The molecule has 2 aromatic rings. The van der Waals surface area contributed by atoms with Crippen molar-refractivity contribution in [2.24, 2.45) is 7.05 Å². The number of carbonyl (C=O) groups is 1. The Labute approximate surface area is 164 Å². The minimum absolute atomic E-state index is 0.268. The van der Waals surface area contributed by atoms with Gasteiger partial charge in [0.25, 0.3) is 10.2 Å². The van der Waals surface area contributed by atoms with Crippen LogP contribution in [-0.4, -0.2) is 46.6 Å². The highest BCUT2D eigenvalue weighted by molar-refractivity contribution is 7.87. The molecule has 0 bridgehead atoms. The summed E-state index contributed by atoms with van der Waals surface area (Å²) in [4.78, 5) is 12.9. The zero-order valence-electron chi connectivity index (χ0n) is 16.2. The summed E-state index contributed by atoms with van der Waals surface area (Å²) in [7, 11) is -0.669. The van der Waals surface area contributed by atoms with Crippen molar-refractivity contribution in [3.63, 3.8) is 0 Å². The average Bonchev–Trinajstić information content (AvgIpc) is 2.96. The molecule has 1 fully saturated rings. The summed E-state index contributed by atoms with van der Waals surface area (Å²) in [5.41, 5.74) is 2.74. The number of amides is 1. The van der Waals surface area contributed by atoms with Crippen LogP contribution < -0.4 is 10.0 Å². The summed E-state index contributed by atoms with van der Waals surface area (Å²) in [6.45, 7) is 3.49. The summed E-state index contributed by atoms with van der Waals surface area (Å²) in [5.74, 6) is -0.429. The molecule has 1 aliphatic heterocycles. The second kappa shape index (κ2) is 7.63. The van der Waals surface area contributed by atoms with Gasteiger partial charge in [0.2, 0.25) is 5.91 Å². The van der Waals surface area contributed by atoms with E-state index in [0.717, 1.165) is 15.6 Å². The molecule has 0 saturated carbocycles. The molecule has 0 radical (unpaired) electrons. The molecule has 3 N–H and O–H groups in total. The standard InChI is InChI=1S/C18H25N5O4S/c1-11-15(10-19-22(11)3)16-9-17(23(4)28(26,27)21-16)18(25)20-14-7-5-6-13(8-14)12(2)24/h5-8,10,12,16-17,21,24H,9H2,1-4H3,(H,20,25)/t12-,16+,17-/m1/s1. The third-order valence-corrected chi connectivity index (χ3v) is 6.75. The van der Waals surface area contributed by atoms with Gasteiger partial charge in [-0.15, -0.1) is 0 Å². The number of hydrogen-bond donors (Lipinski definition) is 3. The number of aliphatic hydroxyl groups is 1. The van der Waals surface area contributed by atoms with Gasteiger partial charge < -0.3 is 10.4 Å². The molecule has 1 aromatic carbocycles. The van der Waals surface area contributed by atoms with Crippen LogP contribution in [-0.2, 0) is 22.1 Å². The highest BCUT2D eigenvalue weighted by atomic mass is 32.2. The lowest BCUT2D eigenvalue weighted by Gasteiger charge is -2.36. The molecule has 3 atom stereocenters. The van der Waals surface area contributed by atoms with Gasteiger partial charge in [-0.25, -0.2) is 0 Å². The highest BCUT2D eigenvalue weighted by Crippen LogP contribution is 2.30. The smallest absolute Gasteiger partial charge is 0.280 e. The van der Waals surface area contributed by atoms with Crippen molar-refractivity contribution in [1.29, 1.82) is 0 Å². The minimum atomic E-state index is -3.83. The van der Waals surface area contributed by atoms with Crippen molar-refractivity contribution in [1.82, 2.24) is 18.8 Å². The van der Waals surface area contributed by atoms with Crippen LogP contribution in [0, 0.1) is 6.92 Å². The number of nitrogens with one attached hydrogen (secondary N) is 2. The lowest BCUT2D eigenvalue weighted by atomic mass is 10.00. The number of benzene rings is 1. The zero-order chi connectivity index (χ0) is 20.6. The van der Waals surface area contributed by atoms with Crippen molar-refractivity contribution >= 4 is 21.8 Å². The first kappa shape index (κ1) is 20.5. The normalized spacial score (nSPS) is 23.3. The number of hydrogen-bond acceptors (Lipinski definition) is 5. The van der Waals surface area contributed by atoms with Crippen LogP contribution in [0.1, 0.15) is 42.3 Å². The quantitative estimate of drug-likeness (QED) is 0.699. The van der Waals surface area contributed by atoms with E-state index in [2.05, 4.69) is 15.1 Å². The monoisotopic (exact) mass is 407 g/mol. The number of aryl methyl sites for hydroxylation is 1. The topological polar surface area (TPSA) is 117 Å². The number of aromatic nitrogens is 2. The Hall–Kier alpha value is -2.27. The Kier molecular flexibility index (Phi) is 5.57. The van der Waals surface area contributed by atoms with Crippen LogP contribution in [0.15, 0.2) is 30.5 Å². The third kappa shape index (κ3) is 3.95. The second-order valence-electron chi connectivity index (χ2n) is 7.04. The number of aliphatic hydroxyl groups excluding tert-OH is 1. The van der Waals surface area contributed by atoms with Crippen LogP contribution in [0.25, 0.3) is 0 Å². The predicted octanol–water partition coefficient (Wildman–Crippen LogP) is 1.00. The van der Waals surface area contributed by atoms with Crippen molar-refractivity contribution in [2.75, 3.05) is 12.4 Å². The number of likely N-dealkylation sites (N-methyl/N-ethyl adjacent to an activating group) is 1. The van der Waals surface area contributed by atoms with Gasteiger partial charge in [0.05, 0.1) is 18.3 Å². The molecule has 3 rings (SSSR count). The summed E-state index contributed by atoms with van der Waals surface area (Å²) >= 11 is 0. The van der Waals surface area contributed by atoms with Gasteiger partial charge in [-0.05, 0) is 38.0 Å². The Morgan fingerprint density at radius 2 is 2.11 bits per heavy atom. The first-order chi connectivity index (χ1) is 13.1. The molecule has 9 nitrogen and oxygen atoms in total. The predicted molar refractivity (Wildman–Crippen MR) is 105 cm³/mol. The molecular weight excluding hydrogens is 382 g/mol. The Bertz CT molecular complexity index is 986. The van der Waals surface area contributed by atoms with Gasteiger partial charge >= 0.3 is 0 Å². The SMILES string of the molecule is Cc1c([C@@H]2C[C@H](C(=O)Nc3cccc([C@@H](C)O)c3)N(C)S(=O)(=O)N2)cnn1C. The number of anilines is 1. The average molecular weight is 407 g/mol. The van der Waals surface area contributed by atoms with E-state index in [1.165, 1.54) is 7.05 Å². The van der Waals surface area contributed by atoms with Gasteiger partial charge in [0.1, 0.15) is 6.04 Å². The Morgan fingerprint density at radius 3 is 2.71 bits per heavy atom. The van der Waals surface area contributed by atoms with E-state index in [0.29, 0.717) is 11.3 Å². The molecule has 1 saturated heterocycles. The first-order valence-corrected chi connectivity index (χ1v) is 10.4. The van der Waals surface area contributed by atoms with E-state index in [-0.39, 0.29) is 6.42 Å². The van der Waals surface area contributed by atoms with Crippen LogP contribution in [0.2, 0.25) is 0 Å². The maximum atomic E-state index is 12.9. The maximum Gasteiger partial charge on any atom is 0.280 e. The van der Waals surface area contributed by atoms with E-state index < -0.39 is 34.3 Å². The number of carbonyl (C=O) groups excluding carboxylic acids is 1. The summed E-state index contributed by atoms with van der Waals surface area (Å²) in [5, 5.41) is 16.6. The van der Waals surface area contributed by atoms with Gasteiger partial charge in [0.15, 0.2) is 0 Å². The molecule has 28 heavy (non-hydrogen) atoms. The van der Waals surface area contributed by atoms with Crippen molar-refractivity contribution < 1.29 is 18.3 Å². The fourth-order valence-corrected chi connectivity index (χ4v) is 4.54. The third-order valence-electron chi connectivity index (χ3n) is 5.16. The van der Waals surface area contributed by atoms with Gasteiger partial charge in [-0.3, -0.25) is 9.48 Å². The summed E-state index contributed by atoms with van der Waals surface area (Å²) in [6, 6.07) is 5.41. The zero-order valence-corrected chi connectivity index (χ0v) is 17.1. The lowest BCUT2D eigenvalue weighted by Crippen LogP contribution is -2.56. The van der Waals surface area contributed by atoms with E-state index in [9.17, 15) is 18.3 Å². The second-order valence-corrected chi connectivity index (χ2v) is 8.80.